The second-order valence-corrected chi connectivity index (χ2v) is 4.11. The van der Waals surface area contributed by atoms with Crippen LogP contribution in [0.3, 0.4) is 0 Å². The SMILES string of the molecule is CCOC(=O)CC1CC2CC1CN2. The molecule has 0 aromatic carbocycles. The predicted molar refractivity (Wildman–Crippen MR) is 49.3 cm³/mol. The van der Waals surface area contributed by atoms with Crippen LogP contribution in [0.25, 0.3) is 0 Å². The number of hydrogen-bond acceptors (Lipinski definition) is 3. The lowest BCUT2D eigenvalue weighted by molar-refractivity contribution is -0.144. The Balaban J connectivity index is 1.79. The van der Waals surface area contributed by atoms with Crippen molar-refractivity contribution < 1.29 is 9.53 Å². The maximum Gasteiger partial charge on any atom is 0.306 e. The minimum Gasteiger partial charge on any atom is -0.466 e. The van der Waals surface area contributed by atoms with E-state index in [-0.39, 0.29) is 5.97 Å². The van der Waals surface area contributed by atoms with Crippen LogP contribution in [0, 0.1) is 11.8 Å². The third-order valence-corrected chi connectivity index (χ3v) is 3.24. The van der Waals surface area contributed by atoms with E-state index in [0.29, 0.717) is 25.0 Å². The normalized spacial score (nSPS) is 36.5. The molecule has 2 rings (SSSR count). The van der Waals surface area contributed by atoms with Gasteiger partial charge < -0.3 is 10.1 Å². The van der Waals surface area contributed by atoms with E-state index in [1.54, 1.807) is 0 Å². The van der Waals surface area contributed by atoms with Crippen molar-refractivity contribution in [1.82, 2.24) is 5.32 Å². The second-order valence-electron chi connectivity index (χ2n) is 4.11. The Morgan fingerprint density at radius 2 is 2.38 bits per heavy atom. The van der Waals surface area contributed by atoms with Gasteiger partial charge in [0, 0.05) is 12.5 Å². The average Bonchev–Trinajstić information content (AvgIpc) is 2.65. The monoisotopic (exact) mass is 183 g/mol. The van der Waals surface area contributed by atoms with Crippen molar-refractivity contribution in [3.63, 3.8) is 0 Å². The zero-order valence-electron chi connectivity index (χ0n) is 8.08. The Hall–Kier alpha value is -0.570. The van der Waals surface area contributed by atoms with Gasteiger partial charge in [-0.1, -0.05) is 0 Å². The van der Waals surface area contributed by atoms with Crippen LogP contribution in [0.2, 0.25) is 0 Å². The van der Waals surface area contributed by atoms with E-state index in [9.17, 15) is 4.79 Å². The Morgan fingerprint density at radius 3 is 2.92 bits per heavy atom. The second kappa shape index (κ2) is 3.66. The Labute approximate surface area is 78.8 Å². The first kappa shape index (κ1) is 9.00. The van der Waals surface area contributed by atoms with Gasteiger partial charge in [-0.25, -0.2) is 0 Å². The molecule has 74 valence electrons. The van der Waals surface area contributed by atoms with Crippen molar-refractivity contribution in [3.8, 4) is 0 Å². The first-order chi connectivity index (χ1) is 6.29. The number of fused-ring (bicyclic) bond motifs is 2. The molecule has 13 heavy (non-hydrogen) atoms. The van der Waals surface area contributed by atoms with E-state index in [0.717, 1.165) is 12.5 Å². The van der Waals surface area contributed by atoms with E-state index in [1.807, 2.05) is 6.92 Å². The smallest absolute Gasteiger partial charge is 0.306 e. The van der Waals surface area contributed by atoms with Crippen LogP contribution in [0.4, 0.5) is 0 Å². The van der Waals surface area contributed by atoms with Gasteiger partial charge in [0.2, 0.25) is 0 Å². The average molecular weight is 183 g/mol. The van der Waals surface area contributed by atoms with Gasteiger partial charge in [-0.3, -0.25) is 4.79 Å². The van der Waals surface area contributed by atoms with Crippen LogP contribution in [-0.4, -0.2) is 25.2 Å². The van der Waals surface area contributed by atoms with Crippen LogP contribution in [0.5, 0.6) is 0 Å². The number of hydrogen-bond donors (Lipinski definition) is 1. The summed E-state index contributed by atoms with van der Waals surface area (Å²) in [6.07, 6.45) is 3.07. The highest BCUT2D eigenvalue weighted by Gasteiger charge is 2.40. The maximum atomic E-state index is 11.2. The standard InChI is InChI=1S/C10H17NO2/c1-2-13-10(12)5-7-3-9-4-8(7)6-11-9/h7-9,11H,2-6H2,1H3. The van der Waals surface area contributed by atoms with Gasteiger partial charge in [0.05, 0.1) is 6.61 Å². The number of esters is 1. The summed E-state index contributed by atoms with van der Waals surface area (Å²) in [5, 5.41) is 3.44. The molecule has 0 spiro atoms. The molecule has 1 aliphatic carbocycles. The fourth-order valence-electron chi connectivity index (χ4n) is 2.63. The summed E-state index contributed by atoms with van der Waals surface area (Å²) >= 11 is 0. The molecule has 3 heteroatoms. The van der Waals surface area contributed by atoms with Crippen LogP contribution in [-0.2, 0) is 9.53 Å². The predicted octanol–water partition coefficient (Wildman–Crippen LogP) is 0.938. The lowest BCUT2D eigenvalue weighted by Gasteiger charge is -2.21. The fraction of sp³-hybridized carbons (Fsp3) is 0.900. The van der Waals surface area contributed by atoms with Crippen LogP contribution in [0.1, 0.15) is 26.2 Å². The number of carbonyl (C=O) groups excluding carboxylic acids is 1. The molecule has 3 unspecified atom stereocenters. The molecule has 3 atom stereocenters. The maximum absolute atomic E-state index is 11.2. The molecule has 1 heterocycles. The highest BCUT2D eigenvalue weighted by Crippen LogP contribution is 2.38. The third-order valence-electron chi connectivity index (χ3n) is 3.24. The Kier molecular flexibility index (Phi) is 2.54. The first-order valence-electron chi connectivity index (χ1n) is 5.18. The molecule has 1 N–H and O–H groups in total. The molecular formula is C10H17NO2. The van der Waals surface area contributed by atoms with Crippen LogP contribution in [0.15, 0.2) is 0 Å². The molecule has 1 saturated carbocycles. The molecule has 2 bridgehead atoms. The number of ether oxygens (including phenoxy) is 1. The summed E-state index contributed by atoms with van der Waals surface area (Å²) in [6.45, 7) is 3.48. The lowest BCUT2D eigenvalue weighted by atomic mass is 9.92. The Bertz CT molecular complexity index is 205. The van der Waals surface area contributed by atoms with Gasteiger partial charge in [0.25, 0.3) is 0 Å². The van der Waals surface area contributed by atoms with Gasteiger partial charge in [-0.15, -0.1) is 0 Å². The van der Waals surface area contributed by atoms with Gasteiger partial charge in [0.1, 0.15) is 0 Å². The van der Waals surface area contributed by atoms with Crippen molar-refractivity contribution in [1.29, 1.82) is 0 Å². The van der Waals surface area contributed by atoms with Gasteiger partial charge in [-0.05, 0) is 38.1 Å². The summed E-state index contributed by atoms with van der Waals surface area (Å²) in [4.78, 5) is 11.2. The van der Waals surface area contributed by atoms with Crippen molar-refractivity contribution >= 4 is 5.97 Å². The molecule has 0 aromatic rings. The third kappa shape index (κ3) is 1.85. The van der Waals surface area contributed by atoms with E-state index >= 15 is 0 Å². The highest BCUT2D eigenvalue weighted by atomic mass is 16.5. The number of rotatable bonds is 3. The zero-order valence-corrected chi connectivity index (χ0v) is 8.08. The minimum atomic E-state index is -0.0138. The van der Waals surface area contributed by atoms with Crippen molar-refractivity contribution in [2.45, 2.75) is 32.2 Å². The van der Waals surface area contributed by atoms with E-state index in [1.165, 1.54) is 12.8 Å². The molecule has 0 radical (unpaired) electrons. The summed E-state index contributed by atoms with van der Waals surface area (Å²) in [7, 11) is 0. The van der Waals surface area contributed by atoms with Gasteiger partial charge in [0.15, 0.2) is 0 Å². The topological polar surface area (TPSA) is 38.3 Å². The van der Waals surface area contributed by atoms with E-state index < -0.39 is 0 Å². The summed E-state index contributed by atoms with van der Waals surface area (Å²) in [6, 6.07) is 0.685. The van der Waals surface area contributed by atoms with Gasteiger partial charge in [-0.2, -0.15) is 0 Å². The zero-order chi connectivity index (χ0) is 9.26. The molecule has 1 saturated heterocycles. The molecular weight excluding hydrogens is 166 g/mol. The Morgan fingerprint density at radius 1 is 1.54 bits per heavy atom. The minimum absolute atomic E-state index is 0.0138. The quantitative estimate of drug-likeness (QED) is 0.662. The molecule has 2 fully saturated rings. The largest absolute Gasteiger partial charge is 0.466 e. The summed E-state index contributed by atoms with van der Waals surface area (Å²) in [5.74, 6) is 1.31. The highest BCUT2D eigenvalue weighted by molar-refractivity contribution is 5.69. The molecule has 2 aliphatic rings. The number of nitrogens with one attached hydrogen (secondary N) is 1. The van der Waals surface area contributed by atoms with Crippen LogP contribution < -0.4 is 5.32 Å². The van der Waals surface area contributed by atoms with Crippen molar-refractivity contribution in [3.05, 3.63) is 0 Å². The molecule has 0 amide bonds. The first-order valence-corrected chi connectivity index (χ1v) is 5.18. The van der Waals surface area contributed by atoms with Crippen molar-refractivity contribution in [2.75, 3.05) is 13.2 Å². The van der Waals surface area contributed by atoms with Crippen molar-refractivity contribution in [2.24, 2.45) is 11.8 Å². The lowest BCUT2D eigenvalue weighted by Crippen LogP contribution is -2.30. The molecule has 1 aliphatic heterocycles. The molecule has 3 nitrogen and oxygen atoms in total. The summed E-state index contributed by atoms with van der Waals surface area (Å²) in [5.41, 5.74) is 0. The fourth-order valence-corrected chi connectivity index (χ4v) is 2.63. The van der Waals surface area contributed by atoms with E-state index in [4.69, 9.17) is 4.74 Å². The summed E-state index contributed by atoms with van der Waals surface area (Å²) < 4.78 is 4.95. The molecule has 0 aromatic heterocycles. The van der Waals surface area contributed by atoms with E-state index in [2.05, 4.69) is 5.32 Å². The number of carbonyl (C=O) groups is 1. The van der Waals surface area contributed by atoms with Crippen LogP contribution >= 0.6 is 0 Å². The van der Waals surface area contributed by atoms with Gasteiger partial charge >= 0.3 is 5.97 Å². The number of piperidine rings is 1.